The fraction of sp³-hybridized carbons (Fsp3) is 0.579. The maximum atomic E-state index is 12.8. The number of aromatic nitrogens is 4. The van der Waals surface area contributed by atoms with Crippen molar-refractivity contribution in [2.75, 3.05) is 0 Å². The number of rotatable bonds is 4. The zero-order chi connectivity index (χ0) is 23.0. The van der Waals surface area contributed by atoms with E-state index in [1.807, 2.05) is 20.8 Å². The van der Waals surface area contributed by atoms with Crippen LogP contribution in [0.3, 0.4) is 0 Å². The smallest absolute Gasteiger partial charge is 0.332 e. The third kappa shape index (κ3) is 4.89. The molecule has 2 rings (SSSR count). The van der Waals surface area contributed by atoms with Gasteiger partial charge in [-0.1, -0.05) is 32.5 Å². The van der Waals surface area contributed by atoms with Gasteiger partial charge in [-0.2, -0.15) is 0 Å². The summed E-state index contributed by atoms with van der Waals surface area (Å²) in [6.07, 6.45) is 0. The molecule has 2 N–H and O–H groups in total. The van der Waals surface area contributed by atoms with Crippen molar-refractivity contribution in [1.82, 2.24) is 29.7 Å². The van der Waals surface area contributed by atoms with Gasteiger partial charge in [-0.15, -0.1) is 0 Å². The fourth-order valence-electron chi connectivity index (χ4n) is 2.58. The molecule has 2 heterocycles. The van der Waals surface area contributed by atoms with E-state index in [4.69, 9.17) is 0 Å². The third-order valence-electron chi connectivity index (χ3n) is 4.25. The van der Waals surface area contributed by atoms with Crippen molar-refractivity contribution in [3.8, 4) is 0 Å². The summed E-state index contributed by atoms with van der Waals surface area (Å²) in [5.41, 5.74) is -1.29. The maximum absolute atomic E-state index is 12.8. The molecule has 11 heteroatoms. The quantitative estimate of drug-likeness (QED) is 0.541. The molecular formula is C19H28N6O4S. The van der Waals surface area contributed by atoms with Gasteiger partial charge >= 0.3 is 11.7 Å². The van der Waals surface area contributed by atoms with Crippen molar-refractivity contribution < 1.29 is 9.59 Å². The number of nitrogens with one attached hydrogen (secondary N) is 2. The molecule has 0 aliphatic rings. The topological polar surface area (TPSA) is 128 Å². The summed E-state index contributed by atoms with van der Waals surface area (Å²) in [5.74, 6) is -0.0882. The molecule has 0 spiro atoms. The maximum Gasteiger partial charge on any atom is 0.332 e. The second-order valence-corrected chi connectivity index (χ2v) is 9.71. The first-order chi connectivity index (χ1) is 13.7. The molecule has 0 aliphatic carbocycles. The number of fused-ring (bicyclic) bond motifs is 1. The van der Waals surface area contributed by atoms with Crippen LogP contribution in [-0.4, -0.2) is 42.3 Å². The summed E-state index contributed by atoms with van der Waals surface area (Å²) in [4.78, 5) is 58.5. The highest BCUT2D eigenvalue weighted by molar-refractivity contribution is 8.00. The first-order valence-electron chi connectivity index (χ1n) is 9.50. The normalized spacial score (nSPS) is 12.8. The minimum atomic E-state index is -0.726. The molecular weight excluding hydrogens is 408 g/mol. The van der Waals surface area contributed by atoms with Crippen LogP contribution < -0.4 is 21.9 Å². The van der Waals surface area contributed by atoms with Crippen molar-refractivity contribution >= 4 is 34.7 Å². The lowest BCUT2D eigenvalue weighted by atomic mass is 9.96. The van der Waals surface area contributed by atoms with E-state index in [1.54, 1.807) is 20.8 Å². The number of imide groups is 1. The molecule has 30 heavy (non-hydrogen) atoms. The van der Waals surface area contributed by atoms with Crippen LogP contribution in [0.2, 0.25) is 0 Å². The summed E-state index contributed by atoms with van der Waals surface area (Å²) < 4.78 is 2.27. The van der Waals surface area contributed by atoms with Crippen LogP contribution in [0, 0.1) is 0 Å². The number of amides is 3. The van der Waals surface area contributed by atoms with E-state index in [1.165, 1.54) is 18.7 Å². The molecule has 1 unspecified atom stereocenters. The first-order valence-corrected chi connectivity index (χ1v) is 10.4. The van der Waals surface area contributed by atoms with Crippen LogP contribution >= 0.6 is 11.8 Å². The van der Waals surface area contributed by atoms with Crippen molar-refractivity contribution in [3.63, 3.8) is 0 Å². The average Bonchev–Trinajstić information content (AvgIpc) is 2.62. The molecule has 0 aliphatic heterocycles. The molecule has 0 saturated carbocycles. The Hall–Kier alpha value is -2.69. The van der Waals surface area contributed by atoms with Gasteiger partial charge in [0.25, 0.3) is 5.56 Å². The number of aryl methyl sites for hydroxylation is 1. The molecule has 0 bridgehead atoms. The van der Waals surface area contributed by atoms with E-state index in [0.29, 0.717) is 5.82 Å². The zero-order valence-corrected chi connectivity index (χ0v) is 19.3. The third-order valence-corrected chi connectivity index (χ3v) is 5.34. The van der Waals surface area contributed by atoms with Crippen LogP contribution in [-0.2, 0) is 24.3 Å². The van der Waals surface area contributed by atoms with Crippen LogP contribution in [0.25, 0.3) is 11.0 Å². The second-order valence-electron chi connectivity index (χ2n) is 8.38. The Morgan fingerprint density at radius 2 is 1.63 bits per heavy atom. The molecule has 0 radical (unpaired) electrons. The Morgan fingerprint density at radius 3 is 2.17 bits per heavy atom. The molecule has 1 atom stereocenters. The van der Waals surface area contributed by atoms with Crippen LogP contribution in [0.1, 0.15) is 47.4 Å². The summed E-state index contributed by atoms with van der Waals surface area (Å²) in [6.45, 7) is 10.9. The minimum Gasteiger partial charge on any atom is -0.336 e. The van der Waals surface area contributed by atoms with E-state index >= 15 is 0 Å². The van der Waals surface area contributed by atoms with Gasteiger partial charge in [-0.25, -0.2) is 19.6 Å². The van der Waals surface area contributed by atoms with Crippen molar-refractivity contribution in [3.05, 3.63) is 26.7 Å². The van der Waals surface area contributed by atoms with Gasteiger partial charge < -0.3 is 5.32 Å². The molecule has 0 aromatic carbocycles. The van der Waals surface area contributed by atoms with Crippen LogP contribution in [0.4, 0.5) is 4.79 Å². The molecule has 164 valence electrons. The number of thioether (sulfide) groups is 1. The van der Waals surface area contributed by atoms with Gasteiger partial charge in [0.05, 0.1) is 5.25 Å². The van der Waals surface area contributed by atoms with Crippen molar-refractivity contribution in [2.24, 2.45) is 14.1 Å². The molecule has 2 aromatic heterocycles. The van der Waals surface area contributed by atoms with E-state index in [2.05, 4.69) is 20.6 Å². The summed E-state index contributed by atoms with van der Waals surface area (Å²) in [7, 11) is 2.91. The highest BCUT2D eigenvalue weighted by atomic mass is 32.2. The first kappa shape index (κ1) is 23.6. The van der Waals surface area contributed by atoms with Gasteiger partial charge in [0.15, 0.2) is 5.65 Å². The predicted octanol–water partition coefficient (Wildman–Crippen LogP) is 1.04. The van der Waals surface area contributed by atoms with Crippen molar-refractivity contribution in [2.45, 2.75) is 63.3 Å². The predicted molar refractivity (Wildman–Crippen MR) is 116 cm³/mol. The highest BCUT2D eigenvalue weighted by Gasteiger charge is 2.26. The molecule has 3 amide bonds. The van der Waals surface area contributed by atoms with E-state index in [0.717, 1.165) is 16.3 Å². The number of carbonyl (C=O) groups is 2. The Labute approximate surface area is 178 Å². The lowest BCUT2D eigenvalue weighted by Crippen LogP contribution is -2.45. The number of urea groups is 1. The molecule has 10 nitrogen and oxygen atoms in total. The van der Waals surface area contributed by atoms with Crippen molar-refractivity contribution in [1.29, 1.82) is 0 Å². The van der Waals surface area contributed by atoms with Gasteiger partial charge in [0, 0.05) is 25.6 Å². The molecule has 2 aromatic rings. The standard InChI is InChI=1S/C19H28N6O4S/c1-9(2)20-17(28)22-13(26)10(3)30-14-11-12(21-16(23-14)19(4,5)6)24(7)18(29)25(8)15(11)27/h9-10H,1-8H3,(H2,20,22,26,28). The van der Waals surface area contributed by atoms with Crippen LogP contribution in [0.15, 0.2) is 14.6 Å². The van der Waals surface area contributed by atoms with Gasteiger partial charge in [-0.3, -0.25) is 24.0 Å². The number of nitrogens with zero attached hydrogens (tertiary/aromatic N) is 4. The Morgan fingerprint density at radius 1 is 1.03 bits per heavy atom. The van der Waals surface area contributed by atoms with E-state index < -0.39 is 33.9 Å². The average molecular weight is 437 g/mol. The fourth-order valence-corrected chi connectivity index (χ4v) is 3.52. The number of hydrogen-bond acceptors (Lipinski definition) is 7. The number of carbonyl (C=O) groups excluding carboxylic acids is 2. The van der Waals surface area contributed by atoms with Gasteiger partial charge in [-0.05, 0) is 20.8 Å². The summed E-state index contributed by atoms with van der Waals surface area (Å²) in [6, 6.07) is -0.714. The lowest BCUT2D eigenvalue weighted by Gasteiger charge is -2.20. The van der Waals surface area contributed by atoms with Crippen LogP contribution in [0.5, 0.6) is 0 Å². The van der Waals surface area contributed by atoms with E-state index in [-0.39, 0.29) is 22.1 Å². The minimum absolute atomic E-state index is 0.120. The summed E-state index contributed by atoms with van der Waals surface area (Å²) in [5, 5.41) is 4.58. The van der Waals surface area contributed by atoms with Gasteiger partial charge in [0.1, 0.15) is 16.2 Å². The molecule has 0 fully saturated rings. The number of hydrogen-bond donors (Lipinski definition) is 2. The Balaban J connectivity index is 2.57. The molecule has 0 saturated heterocycles. The Kier molecular flexibility index (Phi) is 6.75. The largest absolute Gasteiger partial charge is 0.336 e. The Bertz CT molecular complexity index is 1110. The zero-order valence-electron chi connectivity index (χ0n) is 18.5. The summed E-state index contributed by atoms with van der Waals surface area (Å²) >= 11 is 1.04. The lowest BCUT2D eigenvalue weighted by molar-refractivity contribution is -0.119. The second kappa shape index (κ2) is 8.58. The van der Waals surface area contributed by atoms with E-state index in [9.17, 15) is 19.2 Å². The van der Waals surface area contributed by atoms with Gasteiger partial charge in [0.2, 0.25) is 5.91 Å². The SMILES string of the molecule is CC(C)NC(=O)NC(=O)C(C)Sc1nc(C(C)(C)C)nc2c1c(=O)n(C)c(=O)n2C. The monoisotopic (exact) mass is 436 g/mol. The highest BCUT2D eigenvalue weighted by Crippen LogP contribution is 2.29.